The van der Waals surface area contributed by atoms with Gasteiger partial charge in [-0.05, 0) is 61.2 Å². The second kappa shape index (κ2) is 12.9. The molecule has 0 radical (unpaired) electrons. The number of sulfonamides is 1. The molecule has 8 nitrogen and oxygen atoms in total. The van der Waals surface area contributed by atoms with Crippen LogP contribution in [-0.4, -0.2) is 30.9 Å². The summed E-state index contributed by atoms with van der Waals surface area (Å²) in [6.45, 7) is 7.95. The highest BCUT2D eigenvalue weighted by Gasteiger charge is 2.25. The number of aromatic nitrogens is 2. The predicted molar refractivity (Wildman–Crippen MR) is 154 cm³/mol. The molecule has 1 N–H and O–H groups in total. The van der Waals surface area contributed by atoms with Crippen LogP contribution in [0.4, 0.5) is 4.39 Å². The second-order valence-corrected chi connectivity index (χ2v) is 11.5. The van der Waals surface area contributed by atoms with Crippen molar-refractivity contribution in [1.29, 1.82) is 0 Å². The molecule has 0 aliphatic heterocycles. The molecule has 0 aliphatic carbocycles. The molecule has 4 aromatic rings. The van der Waals surface area contributed by atoms with Crippen molar-refractivity contribution in [3.8, 4) is 22.9 Å². The largest absolute Gasteiger partial charge is 0.493 e. The molecule has 0 spiro atoms. The quantitative estimate of drug-likeness (QED) is 0.224. The van der Waals surface area contributed by atoms with E-state index in [0.717, 1.165) is 5.56 Å². The highest BCUT2D eigenvalue weighted by molar-refractivity contribution is 7.90. The van der Waals surface area contributed by atoms with Crippen LogP contribution in [0.2, 0.25) is 0 Å². The van der Waals surface area contributed by atoms with Gasteiger partial charge in [0.1, 0.15) is 23.2 Å². The lowest BCUT2D eigenvalue weighted by atomic mass is 10.1. The van der Waals surface area contributed by atoms with Crippen LogP contribution < -0.4 is 14.2 Å². The third kappa shape index (κ3) is 7.67. The van der Waals surface area contributed by atoms with Crippen molar-refractivity contribution in [1.82, 2.24) is 14.7 Å². The number of ether oxygens (including phenoxy) is 2. The van der Waals surface area contributed by atoms with Crippen molar-refractivity contribution < 1.29 is 27.1 Å². The second-order valence-electron chi connectivity index (χ2n) is 9.91. The number of rotatable bonds is 11. The number of carbonyl (C=O) groups is 1. The smallest absolute Gasteiger partial charge is 0.281 e. The van der Waals surface area contributed by atoms with Gasteiger partial charge in [0, 0.05) is 17.3 Å². The van der Waals surface area contributed by atoms with Gasteiger partial charge in [0.2, 0.25) is 5.88 Å². The van der Waals surface area contributed by atoms with Crippen LogP contribution in [0, 0.1) is 18.7 Å². The number of halogens is 1. The number of aryl methyl sites for hydroxylation is 1. The summed E-state index contributed by atoms with van der Waals surface area (Å²) in [5.41, 5.74) is 1.95. The Labute approximate surface area is 239 Å². The molecule has 0 saturated heterocycles. The minimum atomic E-state index is -4.28. The zero-order valence-electron chi connectivity index (χ0n) is 23.3. The van der Waals surface area contributed by atoms with E-state index < -0.39 is 27.9 Å². The van der Waals surface area contributed by atoms with Gasteiger partial charge >= 0.3 is 0 Å². The summed E-state index contributed by atoms with van der Waals surface area (Å²) in [6, 6.07) is 21.0. The Morgan fingerprint density at radius 3 is 2.41 bits per heavy atom. The normalized spacial score (nSPS) is 12.1. The van der Waals surface area contributed by atoms with Crippen LogP contribution >= 0.6 is 0 Å². The van der Waals surface area contributed by atoms with Crippen LogP contribution in [0.5, 0.6) is 11.6 Å². The van der Waals surface area contributed by atoms with Crippen molar-refractivity contribution in [2.75, 3.05) is 6.61 Å². The number of amides is 1. The van der Waals surface area contributed by atoms with E-state index in [2.05, 4.69) is 14.7 Å². The molecule has 4 rings (SSSR count). The molecule has 0 bridgehead atoms. The molecule has 1 unspecified atom stereocenters. The zero-order chi connectivity index (χ0) is 29.6. The summed E-state index contributed by atoms with van der Waals surface area (Å²) in [5, 5.41) is -0.290. The van der Waals surface area contributed by atoms with Gasteiger partial charge in [-0.2, -0.15) is 8.42 Å². The number of pyridine rings is 2. The molecule has 2 aromatic heterocycles. The van der Waals surface area contributed by atoms with Crippen LogP contribution in [0.3, 0.4) is 0 Å². The SMILES string of the molecule is CCC(Oc1nc(-c2cc(F)cc(OCC(C)C)c2)ccc1C(=O)NS(=O)(=O)c1cccc(C)n1)c1ccccc1. The first-order valence-corrected chi connectivity index (χ1v) is 14.7. The lowest BCUT2D eigenvalue weighted by Crippen LogP contribution is -2.32. The number of carbonyl (C=O) groups excluding carboxylic acids is 1. The van der Waals surface area contributed by atoms with Crippen molar-refractivity contribution in [2.45, 2.75) is 45.2 Å². The fourth-order valence-corrected chi connectivity index (χ4v) is 4.99. The molecule has 214 valence electrons. The van der Waals surface area contributed by atoms with Crippen LogP contribution in [0.1, 0.15) is 54.9 Å². The summed E-state index contributed by atoms with van der Waals surface area (Å²) in [6.07, 6.45) is 0.0494. The molecular weight excluding hydrogens is 545 g/mol. The molecular formula is C31H32FN3O5S. The summed E-state index contributed by atoms with van der Waals surface area (Å²) >= 11 is 0. The Bertz CT molecular complexity index is 1630. The Hall–Kier alpha value is -4.31. The summed E-state index contributed by atoms with van der Waals surface area (Å²) in [7, 11) is -4.28. The predicted octanol–water partition coefficient (Wildman–Crippen LogP) is 6.27. The first-order valence-electron chi connectivity index (χ1n) is 13.2. The monoisotopic (exact) mass is 577 g/mol. The third-order valence-corrected chi connectivity index (χ3v) is 7.25. The molecule has 1 amide bonds. The van der Waals surface area contributed by atoms with Gasteiger partial charge < -0.3 is 9.47 Å². The van der Waals surface area contributed by atoms with E-state index in [0.29, 0.717) is 35.7 Å². The van der Waals surface area contributed by atoms with E-state index in [1.165, 1.54) is 36.4 Å². The van der Waals surface area contributed by atoms with Gasteiger partial charge in [-0.3, -0.25) is 4.79 Å². The van der Waals surface area contributed by atoms with Crippen LogP contribution in [0.25, 0.3) is 11.3 Å². The molecule has 1 atom stereocenters. The van der Waals surface area contributed by atoms with Gasteiger partial charge in [-0.15, -0.1) is 0 Å². The molecule has 2 aromatic carbocycles. The van der Waals surface area contributed by atoms with Crippen molar-refractivity contribution in [2.24, 2.45) is 5.92 Å². The summed E-state index contributed by atoms with van der Waals surface area (Å²) in [4.78, 5) is 21.9. The number of hydrogen-bond donors (Lipinski definition) is 1. The standard InChI is InChI=1S/C31H32FN3O5S/c1-5-28(22-11-7-6-8-12-22)40-31-26(30(36)35-41(37,38)29-13-9-10-21(4)33-29)14-15-27(34-31)23-16-24(32)18-25(17-23)39-19-20(2)3/h6-18,20,28H,5,19H2,1-4H3,(H,35,36). The van der Waals surface area contributed by atoms with E-state index in [4.69, 9.17) is 9.47 Å². The Kier molecular flexibility index (Phi) is 9.34. The van der Waals surface area contributed by atoms with Gasteiger partial charge in [-0.1, -0.05) is 57.2 Å². The first-order chi connectivity index (χ1) is 19.6. The number of nitrogens with zero attached hydrogens (tertiary/aromatic N) is 2. The molecule has 0 fully saturated rings. The van der Waals surface area contributed by atoms with Crippen LogP contribution in [0.15, 0.2) is 83.9 Å². The maximum absolute atomic E-state index is 14.5. The Morgan fingerprint density at radius 2 is 1.73 bits per heavy atom. The minimum Gasteiger partial charge on any atom is -0.493 e. The molecule has 2 heterocycles. The first kappa shape index (κ1) is 29.7. The van der Waals surface area contributed by atoms with E-state index in [9.17, 15) is 17.6 Å². The maximum Gasteiger partial charge on any atom is 0.281 e. The Morgan fingerprint density at radius 1 is 0.976 bits per heavy atom. The van der Waals surface area contributed by atoms with Crippen molar-refractivity contribution >= 4 is 15.9 Å². The average molecular weight is 578 g/mol. The fraction of sp³-hybridized carbons (Fsp3) is 0.258. The zero-order valence-corrected chi connectivity index (χ0v) is 24.1. The van der Waals surface area contributed by atoms with E-state index in [1.807, 2.05) is 51.1 Å². The van der Waals surface area contributed by atoms with Crippen LogP contribution in [-0.2, 0) is 10.0 Å². The number of hydrogen-bond acceptors (Lipinski definition) is 7. The molecule has 10 heteroatoms. The number of benzene rings is 2. The average Bonchev–Trinajstić information content (AvgIpc) is 2.94. The fourth-order valence-electron chi connectivity index (χ4n) is 4.01. The van der Waals surface area contributed by atoms with Gasteiger partial charge in [0.15, 0.2) is 5.03 Å². The summed E-state index contributed by atoms with van der Waals surface area (Å²) in [5.74, 6) is -0.970. The van der Waals surface area contributed by atoms with Gasteiger partial charge in [-0.25, -0.2) is 19.1 Å². The topological polar surface area (TPSA) is 107 Å². The van der Waals surface area contributed by atoms with E-state index in [1.54, 1.807) is 19.1 Å². The minimum absolute atomic E-state index is 0.1000. The lowest BCUT2D eigenvalue weighted by molar-refractivity contribution is 0.0971. The Balaban J connectivity index is 1.74. The summed E-state index contributed by atoms with van der Waals surface area (Å²) < 4.78 is 54.4. The van der Waals surface area contributed by atoms with Crippen molar-refractivity contribution in [3.63, 3.8) is 0 Å². The highest BCUT2D eigenvalue weighted by atomic mass is 32.2. The molecule has 0 aliphatic rings. The van der Waals surface area contributed by atoms with Crippen molar-refractivity contribution in [3.05, 3.63) is 102 Å². The molecule has 41 heavy (non-hydrogen) atoms. The maximum atomic E-state index is 14.5. The third-order valence-electron chi connectivity index (χ3n) is 6.02. The highest BCUT2D eigenvalue weighted by Crippen LogP contribution is 2.31. The molecule has 0 saturated carbocycles. The van der Waals surface area contributed by atoms with E-state index >= 15 is 0 Å². The number of nitrogens with one attached hydrogen (secondary N) is 1. The lowest BCUT2D eigenvalue weighted by Gasteiger charge is -2.20. The van der Waals surface area contributed by atoms with Gasteiger partial charge in [0.05, 0.1) is 12.3 Å². The van der Waals surface area contributed by atoms with Gasteiger partial charge in [0.25, 0.3) is 15.9 Å². The van der Waals surface area contributed by atoms with E-state index in [-0.39, 0.29) is 22.4 Å².